The van der Waals surface area contributed by atoms with Gasteiger partial charge in [0.2, 0.25) is 5.91 Å². The average molecular weight is 297 g/mol. The second kappa shape index (κ2) is 8.74. The summed E-state index contributed by atoms with van der Waals surface area (Å²) in [5.41, 5.74) is 0.0306. The van der Waals surface area contributed by atoms with E-state index in [1.165, 1.54) is 19.3 Å². The molecule has 1 unspecified atom stereocenters. The fourth-order valence-electron chi connectivity index (χ4n) is 3.52. The molecule has 1 atom stereocenters. The number of amides is 1. The van der Waals surface area contributed by atoms with Crippen molar-refractivity contribution in [3.63, 3.8) is 0 Å². The fourth-order valence-corrected chi connectivity index (χ4v) is 3.52. The zero-order chi connectivity index (χ0) is 15.9. The number of nitrogens with zero attached hydrogens (tertiary/aromatic N) is 1. The van der Waals surface area contributed by atoms with Crippen LogP contribution in [0.4, 0.5) is 0 Å². The Labute approximate surface area is 131 Å². The van der Waals surface area contributed by atoms with Crippen molar-refractivity contribution in [3.8, 4) is 0 Å². The van der Waals surface area contributed by atoms with Crippen LogP contribution >= 0.6 is 0 Å². The van der Waals surface area contributed by atoms with Crippen LogP contribution < -0.4 is 10.6 Å². The molecule has 21 heavy (non-hydrogen) atoms. The molecule has 124 valence electrons. The molecule has 0 radical (unpaired) electrons. The van der Waals surface area contributed by atoms with Gasteiger partial charge >= 0.3 is 0 Å². The quantitative estimate of drug-likeness (QED) is 0.723. The topological polar surface area (TPSA) is 44.4 Å². The highest BCUT2D eigenvalue weighted by Crippen LogP contribution is 2.30. The van der Waals surface area contributed by atoms with Gasteiger partial charge in [-0.1, -0.05) is 33.1 Å². The second-order valence-corrected chi connectivity index (χ2v) is 7.42. The summed E-state index contributed by atoms with van der Waals surface area (Å²) in [4.78, 5) is 14.6. The zero-order valence-electron chi connectivity index (χ0n) is 14.7. The molecular weight excluding hydrogens is 262 g/mol. The minimum Gasteiger partial charge on any atom is -0.352 e. The van der Waals surface area contributed by atoms with Gasteiger partial charge in [0, 0.05) is 24.5 Å². The van der Waals surface area contributed by atoms with E-state index in [0.717, 1.165) is 25.8 Å². The number of nitrogens with one attached hydrogen (secondary N) is 2. The SMILES string of the molecule is CNC1(CC(=O)NC(CC(C)C)CN(C)C)CCCCC1. The maximum Gasteiger partial charge on any atom is 0.222 e. The van der Waals surface area contributed by atoms with Gasteiger partial charge in [-0.3, -0.25) is 4.79 Å². The molecule has 0 spiro atoms. The summed E-state index contributed by atoms with van der Waals surface area (Å²) >= 11 is 0. The molecular formula is C17H35N3O. The molecule has 0 heterocycles. The largest absolute Gasteiger partial charge is 0.352 e. The van der Waals surface area contributed by atoms with E-state index in [2.05, 4.69) is 43.5 Å². The minimum atomic E-state index is 0.0306. The molecule has 0 aromatic rings. The number of carbonyl (C=O) groups excluding carboxylic acids is 1. The van der Waals surface area contributed by atoms with E-state index in [-0.39, 0.29) is 17.5 Å². The van der Waals surface area contributed by atoms with Crippen molar-refractivity contribution in [2.45, 2.75) is 70.4 Å². The Morgan fingerprint density at radius 1 is 1.19 bits per heavy atom. The lowest BCUT2D eigenvalue weighted by molar-refractivity contribution is -0.123. The van der Waals surface area contributed by atoms with Crippen LogP contribution in [-0.2, 0) is 4.79 Å². The number of likely N-dealkylation sites (N-methyl/N-ethyl adjacent to an activating group) is 1. The summed E-state index contributed by atoms with van der Waals surface area (Å²) in [6.45, 7) is 5.34. The van der Waals surface area contributed by atoms with Crippen LogP contribution in [0.25, 0.3) is 0 Å². The van der Waals surface area contributed by atoms with E-state index >= 15 is 0 Å². The molecule has 1 saturated carbocycles. The highest BCUT2D eigenvalue weighted by Gasteiger charge is 2.33. The van der Waals surface area contributed by atoms with E-state index in [4.69, 9.17) is 0 Å². The first-order chi connectivity index (χ1) is 9.87. The summed E-state index contributed by atoms with van der Waals surface area (Å²) < 4.78 is 0. The first-order valence-corrected chi connectivity index (χ1v) is 8.50. The summed E-state index contributed by atoms with van der Waals surface area (Å²) in [6, 6.07) is 0.255. The molecule has 0 aliphatic heterocycles. The van der Waals surface area contributed by atoms with Crippen LogP contribution in [0.3, 0.4) is 0 Å². The van der Waals surface area contributed by atoms with Crippen molar-refractivity contribution in [2.75, 3.05) is 27.7 Å². The molecule has 4 nitrogen and oxygen atoms in total. The van der Waals surface area contributed by atoms with Gasteiger partial charge in [0.15, 0.2) is 0 Å². The van der Waals surface area contributed by atoms with Crippen LogP contribution in [-0.4, -0.2) is 50.1 Å². The average Bonchev–Trinajstić information content (AvgIpc) is 2.37. The van der Waals surface area contributed by atoms with Crippen molar-refractivity contribution in [3.05, 3.63) is 0 Å². The highest BCUT2D eigenvalue weighted by atomic mass is 16.1. The molecule has 1 rings (SSSR count). The van der Waals surface area contributed by atoms with Gasteiger partial charge in [0.05, 0.1) is 0 Å². The zero-order valence-corrected chi connectivity index (χ0v) is 14.7. The van der Waals surface area contributed by atoms with Crippen LogP contribution in [0.1, 0.15) is 58.8 Å². The fraction of sp³-hybridized carbons (Fsp3) is 0.941. The molecule has 1 fully saturated rings. The lowest BCUT2D eigenvalue weighted by atomic mass is 9.79. The smallest absolute Gasteiger partial charge is 0.222 e. The Balaban J connectivity index is 2.55. The van der Waals surface area contributed by atoms with E-state index in [1.54, 1.807) is 0 Å². The number of carbonyl (C=O) groups is 1. The van der Waals surface area contributed by atoms with Crippen molar-refractivity contribution >= 4 is 5.91 Å². The van der Waals surface area contributed by atoms with Crippen LogP contribution in [0.5, 0.6) is 0 Å². The maximum absolute atomic E-state index is 12.5. The van der Waals surface area contributed by atoms with Crippen molar-refractivity contribution in [2.24, 2.45) is 5.92 Å². The highest BCUT2D eigenvalue weighted by molar-refractivity contribution is 5.77. The molecule has 2 N–H and O–H groups in total. The third-order valence-corrected chi connectivity index (χ3v) is 4.55. The van der Waals surface area contributed by atoms with E-state index in [9.17, 15) is 4.79 Å². The predicted molar refractivity (Wildman–Crippen MR) is 89.4 cm³/mol. The van der Waals surface area contributed by atoms with E-state index in [1.807, 2.05) is 7.05 Å². The van der Waals surface area contributed by atoms with Crippen molar-refractivity contribution in [1.82, 2.24) is 15.5 Å². The number of hydrogen-bond donors (Lipinski definition) is 2. The van der Waals surface area contributed by atoms with Gasteiger partial charge in [-0.15, -0.1) is 0 Å². The van der Waals surface area contributed by atoms with Crippen molar-refractivity contribution in [1.29, 1.82) is 0 Å². The summed E-state index contributed by atoms with van der Waals surface area (Å²) in [7, 11) is 6.13. The van der Waals surface area contributed by atoms with Gasteiger partial charge in [0.1, 0.15) is 0 Å². The number of hydrogen-bond acceptors (Lipinski definition) is 3. The van der Waals surface area contributed by atoms with Gasteiger partial charge in [-0.2, -0.15) is 0 Å². The lowest BCUT2D eigenvalue weighted by Crippen LogP contribution is -2.50. The minimum absolute atomic E-state index is 0.0306. The third-order valence-electron chi connectivity index (χ3n) is 4.55. The summed E-state index contributed by atoms with van der Waals surface area (Å²) in [5, 5.41) is 6.70. The molecule has 0 saturated heterocycles. The Hall–Kier alpha value is -0.610. The predicted octanol–water partition coefficient (Wildman–Crippen LogP) is 2.39. The molecule has 1 aliphatic rings. The molecule has 0 aromatic carbocycles. The van der Waals surface area contributed by atoms with Gasteiger partial charge in [-0.25, -0.2) is 0 Å². The van der Waals surface area contributed by atoms with E-state index < -0.39 is 0 Å². The lowest BCUT2D eigenvalue weighted by Gasteiger charge is -2.37. The third kappa shape index (κ3) is 6.79. The normalized spacial score (nSPS) is 19.8. The number of rotatable bonds is 8. The Morgan fingerprint density at radius 3 is 2.29 bits per heavy atom. The molecule has 0 aromatic heterocycles. The molecule has 4 heteroatoms. The maximum atomic E-state index is 12.5. The van der Waals surface area contributed by atoms with Gasteiger partial charge < -0.3 is 15.5 Å². The standard InChI is InChI=1S/C17H35N3O/c1-14(2)11-15(13-20(4)5)19-16(21)12-17(18-3)9-7-6-8-10-17/h14-15,18H,6-13H2,1-5H3,(H,19,21). The summed E-state index contributed by atoms with van der Waals surface area (Å²) in [5.74, 6) is 0.807. The molecule has 0 bridgehead atoms. The second-order valence-electron chi connectivity index (χ2n) is 7.42. The van der Waals surface area contributed by atoms with Crippen LogP contribution in [0.15, 0.2) is 0 Å². The van der Waals surface area contributed by atoms with E-state index in [0.29, 0.717) is 12.3 Å². The molecule has 1 aliphatic carbocycles. The Kier molecular flexibility index (Phi) is 7.67. The van der Waals surface area contributed by atoms with Crippen LogP contribution in [0.2, 0.25) is 0 Å². The first-order valence-electron chi connectivity index (χ1n) is 8.50. The van der Waals surface area contributed by atoms with Crippen molar-refractivity contribution < 1.29 is 4.79 Å². The van der Waals surface area contributed by atoms with Gasteiger partial charge in [0.25, 0.3) is 0 Å². The molecule has 1 amide bonds. The Morgan fingerprint density at radius 2 is 1.81 bits per heavy atom. The summed E-state index contributed by atoms with van der Waals surface area (Å²) in [6.07, 6.45) is 7.69. The van der Waals surface area contributed by atoms with Gasteiger partial charge in [-0.05, 0) is 46.3 Å². The Bertz CT molecular complexity index is 299. The monoisotopic (exact) mass is 297 g/mol. The van der Waals surface area contributed by atoms with Crippen LogP contribution in [0, 0.1) is 5.92 Å². The first kappa shape index (κ1) is 18.4.